The van der Waals surface area contributed by atoms with Crippen LogP contribution in [0.1, 0.15) is 37.8 Å². The van der Waals surface area contributed by atoms with Gasteiger partial charge in [-0.2, -0.15) is 11.8 Å². The molecule has 1 aliphatic heterocycles. The third-order valence-electron chi connectivity index (χ3n) is 3.71. The topological polar surface area (TPSA) is 12.0 Å². The van der Waals surface area contributed by atoms with Crippen LogP contribution in [0, 0.1) is 17.6 Å². The molecule has 1 aliphatic rings. The maximum absolute atomic E-state index is 13.4. The van der Waals surface area contributed by atoms with Gasteiger partial charge >= 0.3 is 0 Å². The zero-order valence-corrected chi connectivity index (χ0v) is 12.1. The molecule has 19 heavy (non-hydrogen) atoms. The van der Waals surface area contributed by atoms with Crippen molar-refractivity contribution in [2.75, 3.05) is 18.1 Å². The summed E-state index contributed by atoms with van der Waals surface area (Å²) in [5.74, 6) is 1.62. The normalized spacial score (nSPS) is 18.5. The van der Waals surface area contributed by atoms with E-state index in [1.165, 1.54) is 36.5 Å². The highest BCUT2D eigenvalue weighted by molar-refractivity contribution is 7.99. The van der Waals surface area contributed by atoms with Crippen LogP contribution in [-0.2, 0) is 0 Å². The van der Waals surface area contributed by atoms with E-state index in [0.29, 0.717) is 5.92 Å². The van der Waals surface area contributed by atoms with Crippen LogP contribution in [-0.4, -0.2) is 18.1 Å². The Bertz CT molecular complexity index is 405. The van der Waals surface area contributed by atoms with E-state index in [-0.39, 0.29) is 6.04 Å². The number of benzene rings is 1. The van der Waals surface area contributed by atoms with Gasteiger partial charge in [-0.3, -0.25) is 0 Å². The fourth-order valence-electron chi connectivity index (χ4n) is 2.63. The first-order chi connectivity index (χ1) is 9.20. The van der Waals surface area contributed by atoms with Crippen LogP contribution in [0.4, 0.5) is 8.78 Å². The summed E-state index contributed by atoms with van der Waals surface area (Å²) in [4.78, 5) is 0. The van der Waals surface area contributed by atoms with Crippen LogP contribution in [0.2, 0.25) is 0 Å². The van der Waals surface area contributed by atoms with Gasteiger partial charge in [0.1, 0.15) is 0 Å². The molecule has 1 heterocycles. The van der Waals surface area contributed by atoms with Gasteiger partial charge in [0.25, 0.3) is 0 Å². The number of hydrogen-bond donors (Lipinski definition) is 1. The SMILES string of the molecule is CCNC(CC1CCSCC1)c1ccc(F)c(F)c1. The minimum absolute atomic E-state index is 0.133. The van der Waals surface area contributed by atoms with E-state index < -0.39 is 11.6 Å². The summed E-state index contributed by atoms with van der Waals surface area (Å²) >= 11 is 2.01. The van der Waals surface area contributed by atoms with Crippen molar-refractivity contribution in [3.63, 3.8) is 0 Å². The van der Waals surface area contributed by atoms with Crippen molar-refractivity contribution in [1.29, 1.82) is 0 Å². The summed E-state index contributed by atoms with van der Waals surface area (Å²) in [6.45, 7) is 2.88. The van der Waals surface area contributed by atoms with Crippen LogP contribution in [0.3, 0.4) is 0 Å². The lowest BCUT2D eigenvalue weighted by molar-refractivity contribution is 0.373. The molecule has 0 amide bonds. The van der Waals surface area contributed by atoms with E-state index in [0.717, 1.165) is 18.5 Å². The first-order valence-corrected chi connectivity index (χ1v) is 8.12. The largest absolute Gasteiger partial charge is 0.310 e. The molecule has 1 unspecified atom stereocenters. The van der Waals surface area contributed by atoms with Crippen LogP contribution < -0.4 is 5.32 Å². The molecule has 1 fully saturated rings. The molecule has 1 N–H and O–H groups in total. The Hall–Kier alpha value is -0.610. The fraction of sp³-hybridized carbons (Fsp3) is 0.600. The molecule has 1 nitrogen and oxygen atoms in total. The van der Waals surface area contributed by atoms with E-state index >= 15 is 0 Å². The van der Waals surface area contributed by atoms with Crippen LogP contribution >= 0.6 is 11.8 Å². The fourth-order valence-corrected chi connectivity index (χ4v) is 3.83. The Morgan fingerprint density at radius 3 is 2.63 bits per heavy atom. The molecular formula is C15H21F2NS. The van der Waals surface area contributed by atoms with Gasteiger partial charge in [0.05, 0.1) is 0 Å². The summed E-state index contributed by atoms with van der Waals surface area (Å²) in [5.41, 5.74) is 0.860. The molecule has 0 saturated carbocycles. The average Bonchev–Trinajstić information content (AvgIpc) is 2.43. The Labute approximate surface area is 118 Å². The molecule has 0 aromatic heterocycles. The predicted octanol–water partition coefficient (Wildman–Crippen LogP) is 4.15. The molecule has 0 radical (unpaired) electrons. The van der Waals surface area contributed by atoms with E-state index in [9.17, 15) is 8.78 Å². The number of rotatable bonds is 5. The lowest BCUT2D eigenvalue weighted by Crippen LogP contribution is -2.25. The Morgan fingerprint density at radius 1 is 1.26 bits per heavy atom. The minimum atomic E-state index is -0.770. The second-order valence-electron chi connectivity index (χ2n) is 5.08. The Kier molecular flexibility index (Phi) is 5.64. The molecule has 106 valence electrons. The van der Waals surface area contributed by atoms with E-state index in [4.69, 9.17) is 0 Å². The van der Waals surface area contributed by atoms with Gasteiger partial charge in [-0.25, -0.2) is 8.78 Å². The molecule has 1 aromatic carbocycles. The Balaban J connectivity index is 2.07. The summed E-state index contributed by atoms with van der Waals surface area (Å²) in [6, 6.07) is 4.39. The van der Waals surface area contributed by atoms with Crippen LogP contribution in [0.5, 0.6) is 0 Å². The van der Waals surface area contributed by atoms with E-state index in [1.807, 2.05) is 18.7 Å². The third-order valence-corrected chi connectivity index (χ3v) is 4.76. The number of nitrogens with one attached hydrogen (secondary N) is 1. The summed E-state index contributed by atoms with van der Waals surface area (Å²) in [5, 5.41) is 3.40. The van der Waals surface area contributed by atoms with Gasteiger partial charge in [0, 0.05) is 6.04 Å². The van der Waals surface area contributed by atoms with Crippen molar-refractivity contribution in [3.05, 3.63) is 35.4 Å². The van der Waals surface area contributed by atoms with E-state index in [2.05, 4.69) is 5.32 Å². The zero-order chi connectivity index (χ0) is 13.7. The highest BCUT2D eigenvalue weighted by atomic mass is 32.2. The lowest BCUT2D eigenvalue weighted by atomic mass is 9.90. The first kappa shape index (κ1) is 14.8. The molecule has 0 aliphatic carbocycles. The maximum atomic E-state index is 13.4. The first-order valence-electron chi connectivity index (χ1n) is 6.96. The predicted molar refractivity (Wildman–Crippen MR) is 77.4 cm³/mol. The molecule has 0 spiro atoms. The van der Waals surface area contributed by atoms with Crippen molar-refractivity contribution in [2.45, 2.75) is 32.2 Å². The van der Waals surface area contributed by atoms with Gasteiger partial charge in [0.2, 0.25) is 0 Å². The van der Waals surface area contributed by atoms with Crippen molar-refractivity contribution >= 4 is 11.8 Å². The molecule has 0 bridgehead atoms. The second-order valence-corrected chi connectivity index (χ2v) is 6.30. The number of hydrogen-bond acceptors (Lipinski definition) is 2. The minimum Gasteiger partial charge on any atom is -0.310 e. The highest BCUT2D eigenvalue weighted by Crippen LogP contribution is 2.31. The van der Waals surface area contributed by atoms with Gasteiger partial charge in [0.15, 0.2) is 11.6 Å². The van der Waals surface area contributed by atoms with Gasteiger partial charge in [-0.1, -0.05) is 13.0 Å². The highest BCUT2D eigenvalue weighted by Gasteiger charge is 2.20. The smallest absolute Gasteiger partial charge is 0.159 e. The van der Waals surface area contributed by atoms with Gasteiger partial charge in [-0.05, 0) is 60.9 Å². The van der Waals surface area contributed by atoms with Gasteiger partial charge < -0.3 is 5.32 Å². The van der Waals surface area contributed by atoms with Gasteiger partial charge in [-0.15, -0.1) is 0 Å². The maximum Gasteiger partial charge on any atom is 0.159 e. The quantitative estimate of drug-likeness (QED) is 0.872. The number of halogens is 2. The third kappa shape index (κ3) is 4.18. The molecule has 1 saturated heterocycles. The second kappa shape index (κ2) is 7.25. The zero-order valence-electron chi connectivity index (χ0n) is 11.3. The van der Waals surface area contributed by atoms with Crippen molar-refractivity contribution in [1.82, 2.24) is 5.32 Å². The standard InChI is InChI=1S/C15H21F2NS/c1-2-18-15(9-11-5-7-19-8-6-11)12-3-4-13(16)14(17)10-12/h3-4,10-11,15,18H,2,5-9H2,1H3. The molecule has 1 aromatic rings. The summed E-state index contributed by atoms with van der Waals surface area (Å²) in [7, 11) is 0. The summed E-state index contributed by atoms with van der Waals surface area (Å²) < 4.78 is 26.4. The summed E-state index contributed by atoms with van der Waals surface area (Å²) in [6.07, 6.45) is 3.48. The molecular weight excluding hydrogens is 264 g/mol. The molecule has 4 heteroatoms. The average molecular weight is 285 g/mol. The van der Waals surface area contributed by atoms with E-state index in [1.54, 1.807) is 6.07 Å². The van der Waals surface area contributed by atoms with Crippen molar-refractivity contribution in [3.8, 4) is 0 Å². The van der Waals surface area contributed by atoms with Crippen molar-refractivity contribution < 1.29 is 8.78 Å². The lowest BCUT2D eigenvalue weighted by Gasteiger charge is -2.27. The monoisotopic (exact) mass is 285 g/mol. The number of thioether (sulfide) groups is 1. The molecule has 1 atom stereocenters. The van der Waals surface area contributed by atoms with Crippen LogP contribution in [0.25, 0.3) is 0 Å². The Morgan fingerprint density at radius 2 is 2.00 bits per heavy atom. The molecule has 2 rings (SSSR count). The van der Waals surface area contributed by atoms with Crippen LogP contribution in [0.15, 0.2) is 18.2 Å². The van der Waals surface area contributed by atoms with Crippen molar-refractivity contribution in [2.24, 2.45) is 5.92 Å².